The number of rotatable bonds is 5. The summed E-state index contributed by atoms with van der Waals surface area (Å²) in [6.07, 6.45) is 0. The smallest absolute Gasteiger partial charge is 0.322 e. The van der Waals surface area contributed by atoms with Gasteiger partial charge in [-0.1, -0.05) is 41.6 Å². The van der Waals surface area contributed by atoms with Crippen LogP contribution >= 0.6 is 11.3 Å². The van der Waals surface area contributed by atoms with Gasteiger partial charge < -0.3 is 19.3 Å². The molecule has 2 amide bonds. The van der Waals surface area contributed by atoms with Crippen LogP contribution in [0.2, 0.25) is 0 Å². The number of amides is 2. The monoisotopic (exact) mass is 472 g/mol. The lowest BCUT2D eigenvalue weighted by molar-refractivity contribution is 0.174. The lowest BCUT2D eigenvalue weighted by atomic mass is 9.94. The van der Waals surface area contributed by atoms with Gasteiger partial charge in [0.1, 0.15) is 0 Å². The van der Waals surface area contributed by atoms with Crippen molar-refractivity contribution in [3.05, 3.63) is 88.1 Å². The molecule has 9 heteroatoms. The summed E-state index contributed by atoms with van der Waals surface area (Å²) in [5.41, 5.74) is 3.22. The van der Waals surface area contributed by atoms with E-state index in [-0.39, 0.29) is 12.8 Å². The number of thiophene rings is 1. The average molecular weight is 473 g/mol. The van der Waals surface area contributed by atoms with Gasteiger partial charge in [-0.05, 0) is 42.1 Å². The third-order valence-electron chi connectivity index (χ3n) is 5.91. The van der Waals surface area contributed by atoms with Crippen molar-refractivity contribution < 1.29 is 18.8 Å². The van der Waals surface area contributed by atoms with Gasteiger partial charge in [0.15, 0.2) is 11.5 Å². The van der Waals surface area contributed by atoms with Crippen molar-refractivity contribution in [3.63, 3.8) is 0 Å². The van der Waals surface area contributed by atoms with E-state index in [0.29, 0.717) is 29.8 Å². The zero-order valence-electron chi connectivity index (χ0n) is 18.2. The largest absolute Gasteiger partial charge is 0.454 e. The zero-order chi connectivity index (χ0) is 23.1. The molecule has 0 aliphatic carbocycles. The second-order valence-corrected chi connectivity index (χ2v) is 8.98. The van der Waals surface area contributed by atoms with E-state index in [1.807, 2.05) is 73.0 Å². The van der Waals surface area contributed by atoms with Crippen molar-refractivity contribution in [3.8, 4) is 22.9 Å². The number of urea groups is 1. The van der Waals surface area contributed by atoms with Gasteiger partial charge in [0.2, 0.25) is 12.6 Å². The summed E-state index contributed by atoms with van der Waals surface area (Å²) < 4.78 is 16.6. The van der Waals surface area contributed by atoms with E-state index in [0.717, 1.165) is 27.3 Å². The Hall–Kier alpha value is -4.11. The van der Waals surface area contributed by atoms with Gasteiger partial charge in [-0.2, -0.15) is 4.98 Å². The number of benzene rings is 2. The van der Waals surface area contributed by atoms with Crippen LogP contribution in [-0.2, 0) is 6.54 Å². The summed E-state index contributed by atoms with van der Waals surface area (Å²) in [6.45, 7) is 2.58. The number of nitrogens with zero attached hydrogens (tertiary/aromatic N) is 3. The Balaban J connectivity index is 1.42. The molecule has 2 aliphatic rings. The first-order valence-corrected chi connectivity index (χ1v) is 11.7. The van der Waals surface area contributed by atoms with Gasteiger partial charge in [-0.15, -0.1) is 11.3 Å². The topological polar surface area (TPSA) is 89.7 Å². The van der Waals surface area contributed by atoms with E-state index in [2.05, 4.69) is 10.5 Å². The molecule has 1 N–H and O–H groups in total. The average Bonchev–Trinajstić information content (AvgIpc) is 3.63. The second kappa shape index (κ2) is 8.35. The number of nitrogens with one attached hydrogen (secondary N) is 1. The molecule has 0 saturated carbocycles. The molecule has 170 valence electrons. The molecule has 0 saturated heterocycles. The van der Waals surface area contributed by atoms with E-state index in [9.17, 15) is 4.79 Å². The van der Waals surface area contributed by atoms with Crippen molar-refractivity contribution in [1.29, 1.82) is 0 Å². The van der Waals surface area contributed by atoms with Crippen LogP contribution in [0.25, 0.3) is 17.0 Å². The van der Waals surface area contributed by atoms with Crippen molar-refractivity contribution in [2.75, 3.05) is 6.79 Å². The third-order valence-corrected chi connectivity index (χ3v) is 6.77. The van der Waals surface area contributed by atoms with Gasteiger partial charge in [-0.3, -0.25) is 4.90 Å². The lowest BCUT2D eigenvalue weighted by Gasteiger charge is -2.35. The van der Waals surface area contributed by atoms with Crippen molar-refractivity contribution in [1.82, 2.24) is 20.4 Å². The van der Waals surface area contributed by atoms with E-state index < -0.39 is 6.04 Å². The minimum Gasteiger partial charge on any atom is -0.454 e. The van der Waals surface area contributed by atoms with Gasteiger partial charge in [0, 0.05) is 16.1 Å². The standard InChI is InChI=1S/C25H20N4O4S/c1-15-21(24-27-23(28-33-24)17-9-10-19-20(12-17)32-14-31-19)22(16-6-3-2-4-7-16)26-25(30)29(15)13-18-8-5-11-34-18/h2-12,22H,13-14H2,1H3,(H,26,30). The molecule has 1 unspecified atom stereocenters. The second-order valence-electron chi connectivity index (χ2n) is 7.95. The molecule has 2 aliphatic heterocycles. The third kappa shape index (κ3) is 3.60. The maximum Gasteiger partial charge on any atom is 0.322 e. The first-order valence-electron chi connectivity index (χ1n) is 10.8. The maximum atomic E-state index is 13.1. The number of aromatic nitrogens is 2. The number of ether oxygens (including phenoxy) is 2. The fraction of sp³-hybridized carbons (Fsp3) is 0.160. The number of fused-ring (bicyclic) bond motifs is 1. The molecule has 8 nitrogen and oxygen atoms in total. The van der Waals surface area contributed by atoms with E-state index in [4.69, 9.17) is 19.0 Å². The molecule has 2 aromatic heterocycles. The Morgan fingerprint density at radius 2 is 1.94 bits per heavy atom. The maximum absolute atomic E-state index is 13.1. The van der Waals surface area contributed by atoms with Crippen LogP contribution in [0.3, 0.4) is 0 Å². The molecule has 34 heavy (non-hydrogen) atoms. The summed E-state index contributed by atoms with van der Waals surface area (Å²) in [5.74, 6) is 2.13. The summed E-state index contributed by atoms with van der Waals surface area (Å²) in [5, 5.41) is 9.35. The van der Waals surface area contributed by atoms with Crippen LogP contribution in [0.15, 0.2) is 76.3 Å². The minimum atomic E-state index is -0.418. The number of hydrogen-bond donors (Lipinski definition) is 1. The highest BCUT2D eigenvalue weighted by atomic mass is 32.1. The van der Waals surface area contributed by atoms with Crippen LogP contribution in [0.1, 0.15) is 29.3 Å². The molecule has 6 rings (SSSR count). The summed E-state index contributed by atoms with van der Waals surface area (Å²) in [6, 6.07) is 18.7. The normalized spacial score (nSPS) is 17.3. The van der Waals surface area contributed by atoms with E-state index in [1.165, 1.54) is 0 Å². The Bertz CT molecular complexity index is 1380. The molecule has 0 fully saturated rings. The molecular weight excluding hydrogens is 452 g/mol. The first kappa shape index (κ1) is 20.5. The van der Waals surface area contributed by atoms with Crippen LogP contribution in [0.4, 0.5) is 4.79 Å². The predicted octanol–water partition coefficient (Wildman–Crippen LogP) is 5.22. The highest BCUT2D eigenvalue weighted by Crippen LogP contribution is 2.39. The molecule has 4 heterocycles. The summed E-state index contributed by atoms with van der Waals surface area (Å²) >= 11 is 1.61. The van der Waals surface area contributed by atoms with E-state index >= 15 is 0 Å². The number of carbonyl (C=O) groups is 1. The number of carbonyl (C=O) groups excluding carboxylic acids is 1. The van der Waals surface area contributed by atoms with Gasteiger partial charge in [-0.25, -0.2) is 4.79 Å². The van der Waals surface area contributed by atoms with Crippen LogP contribution in [0.5, 0.6) is 11.5 Å². The highest BCUT2D eigenvalue weighted by molar-refractivity contribution is 7.09. The Morgan fingerprint density at radius 1 is 1.09 bits per heavy atom. The fourth-order valence-corrected chi connectivity index (χ4v) is 4.88. The molecular formula is C25H20N4O4S. The quantitative estimate of drug-likeness (QED) is 0.428. The zero-order valence-corrected chi connectivity index (χ0v) is 19.0. The summed E-state index contributed by atoms with van der Waals surface area (Å²) in [7, 11) is 0. The Morgan fingerprint density at radius 3 is 2.76 bits per heavy atom. The van der Waals surface area contributed by atoms with Crippen LogP contribution in [0, 0.1) is 0 Å². The Kier molecular flexibility index (Phi) is 5.03. The number of allylic oxidation sites excluding steroid dienone is 1. The minimum absolute atomic E-state index is 0.168. The molecule has 0 bridgehead atoms. The summed E-state index contributed by atoms with van der Waals surface area (Å²) in [4.78, 5) is 20.6. The van der Waals surface area contributed by atoms with Crippen molar-refractivity contribution in [2.45, 2.75) is 19.5 Å². The number of hydrogen-bond acceptors (Lipinski definition) is 7. The molecule has 2 aromatic carbocycles. The van der Waals surface area contributed by atoms with Gasteiger partial charge in [0.25, 0.3) is 5.89 Å². The van der Waals surface area contributed by atoms with Crippen molar-refractivity contribution >= 4 is 22.9 Å². The fourth-order valence-electron chi connectivity index (χ4n) is 4.19. The molecule has 0 radical (unpaired) electrons. The highest BCUT2D eigenvalue weighted by Gasteiger charge is 2.36. The lowest BCUT2D eigenvalue weighted by Crippen LogP contribution is -2.45. The van der Waals surface area contributed by atoms with Gasteiger partial charge in [0.05, 0.1) is 18.2 Å². The van der Waals surface area contributed by atoms with Crippen LogP contribution in [-0.4, -0.2) is 27.9 Å². The van der Waals surface area contributed by atoms with Crippen LogP contribution < -0.4 is 14.8 Å². The van der Waals surface area contributed by atoms with Gasteiger partial charge >= 0.3 is 6.03 Å². The predicted molar refractivity (Wildman–Crippen MR) is 126 cm³/mol. The molecule has 0 spiro atoms. The molecule has 1 atom stereocenters. The van der Waals surface area contributed by atoms with E-state index in [1.54, 1.807) is 16.2 Å². The van der Waals surface area contributed by atoms with Crippen molar-refractivity contribution in [2.24, 2.45) is 0 Å². The Labute approximate surface area is 199 Å². The first-order chi connectivity index (χ1) is 16.7. The molecule has 4 aromatic rings. The SMILES string of the molecule is CC1=C(c2nc(-c3ccc4c(c3)OCO4)no2)C(c2ccccc2)NC(=O)N1Cc1cccs1.